The molecule has 9 heteroatoms. The van der Waals surface area contributed by atoms with Crippen LogP contribution in [-0.2, 0) is 0 Å². The summed E-state index contributed by atoms with van der Waals surface area (Å²) >= 11 is 0. The van der Waals surface area contributed by atoms with Crippen LogP contribution in [0.5, 0.6) is 0 Å². The van der Waals surface area contributed by atoms with Gasteiger partial charge in [0, 0.05) is 12.3 Å². The Bertz CT molecular complexity index is 819. The number of nitro groups is 1. The summed E-state index contributed by atoms with van der Waals surface area (Å²) in [6, 6.07) is 11.9. The molecule has 0 aliphatic rings. The van der Waals surface area contributed by atoms with Crippen molar-refractivity contribution in [2.45, 2.75) is 13.0 Å². The maximum atomic E-state index is 11.1. The number of benzene rings is 1. The minimum atomic E-state index is -0.484. The zero-order chi connectivity index (χ0) is 16.2. The normalized spacial score (nSPS) is 11.9. The van der Waals surface area contributed by atoms with Crippen LogP contribution in [0.25, 0.3) is 5.69 Å². The number of aromatic nitrogens is 5. The maximum Gasteiger partial charge on any atom is 0.311 e. The first-order chi connectivity index (χ1) is 11.2. The molecule has 0 aliphatic carbocycles. The van der Waals surface area contributed by atoms with Gasteiger partial charge in [-0.1, -0.05) is 18.2 Å². The number of hydrogen-bond donors (Lipinski definition) is 1. The van der Waals surface area contributed by atoms with Crippen molar-refractivity contribution in [3.63, 3.8) is 0 Å². The maximum absolute atomic E-state index is 11.1. The predicted molar refractivity (Wildman–Crippen MR) is 82.1 cm³/mol. The molecule has 0 radical (unpaired) electrons. The van der Waals surface area contributed by atoms with Gasteiger partial charge in [-0.2, -0.15) is 4.68 Å². The van der Waals surface area contributed by atoms with E-state index in [-0.39, 0.29) is 17.5 Å². The van der Waals surface area contributed by atoms with Crippen LogP contribution in [-0.4, -0.2) is 30.1 Å². The smallest absolute Gasteiger partial charge is 0.311 e. The predicted octanol–water partition coefficient (Wildman–Crippen LogP) is 2.14. The Hall–Kier alpha value is -3.36. The summed E-state index contributed by atoms with van der Waals surface area (Å²) in [6.07, 6.45) is 1.49. The number of hydrogen-bond acceptors (Lipinski definition) is 7. The van der Waals surface area contributed by atoms with Crippen molar-refractivity contribution in [2.75, 3.05) is 5.32 Å². The van der Waals surface area contributed by atoms with E-state index in [0.29, 0.717) is 5.82 Å². The van der Waals surface area contributed by atoms with Gasteiger partial charge in [0.1, 0.15) is 0 Å². The molecule has 23 heavy (non-hydrogen) atoms. The van der Waals surface area contributed by atoms with Crippen molar-refractivity contribution in [2.24, 2.45) is 0 Å². The fourth-order valence-corrected chi connectivity index (χ4v) is 2.14. The molecule has 0 saturated carbocycles. The van der Waals surface area contributed by atoms with Crippen molar-refractivity contribution in [3.8, 4) is 5.69 Å². The highest BCUT2D eigenvalue weighted by atomic mass is 16.6. The lowest BCUT2D eigenvalue weighted by atomic mass is 10.2. The SMILES string of the molecule is C[C@@H](Nc1ncccc1[N+](=O)[O-])c1nnnn1-c1ccccc1. The van der Waals surface area contributed by atoms with Crippen LogP contribution in [0.4, 0.5) is 11.5 Å². The molecule has 3 rings (SSSR count). The van der Waals surface area contributed by atoms with Gasteiger partial charge in [0.25, 0.3) is 0 Å². The number of rotatable bonds is 5. The zero-order valence-corrected chi connectivity index (χ0v) is 12.2. The van der Waals surface area contributed by atoms with E-state index in [1.165, 1.54) is 18.3 Å². The third-order valence-corrected chi connectivity index (χ3v) is 3.22. The number of para-hydroxylation sites is 1. The van der Waals surface area contributed by atoms with Crippen LogP contribution in [0.15, 0.2) is 48.7 Å². The van der Waals surface area contributed by atoms with Crippen LogP contribution in [0, 0.1) is 10.1 Å². The van der Waals surface area contributed by atoms with E-state index in [0.717, 1.165) is 5.69 Å². The van der Waals surface area contributed by atoms with E-state index >= 15 is 0 Å². The fraction of sp³-hybridized carbons (Fsp3) is 0.143. The fourth-order valence-electron chi connectivity index (χ4n) is 2.14. The van der Waals surface area contributed by atoms with Crippen molar-refractivity contribution < 1.29 is 4.92 Å². The van der Waals surface area contributed by atoms with E-state index in [1.54, 1.807) is 4.68 Å². The summed E-state index contributed by atoms with van der Waals surface area (Å²) in [5.41, 5.74) is 0.703. The molecule has 0 amide bonds. The second-order valence-corrected chi connectivity index (χ2v) is 4.78. The molecule has 0 bridgehead atoms. The monoisotopic (exact) mass is 311 g/mol. The molecular weight excluding hydrogens is 298 g/mol. The van der Waals surface area contributed by atoms with Crippen LogP contribution < -0.4 is 5.32 Å². The number of pyridine rings is 1. The van der Waals surface area contributed by atoms with Gasteiger partial charge in [-0.05, 0) is 35.5 Å². The molecule has 3 aromatic rings. The largest absolute Gasteiger partial charge is 0.355 e. The van der Waals surface area contributed by atoms with Gasteiger partial charge in [0.05, 0.1) is 16.7 Å². The molecule has 1 aromatic carbocycles. The Morgan fingerprint density at radius 2 is 2.00 bits per heavy atom. The van der Waals surface area contributed by atoms with Gasteiger partial charge in [-0.15, -0.1) is 5.10 Å². The molecule has 0 aliphatic heterocycles. The second kappa shape index (κ2) is 6.18. The molecule has 2 aromatic heterocycles. The van der Waals surface area contributed by atoms with Crippen LogP contribution in [0.1, 0.15) is 18.8 Å². The third kappa shape index (κ3) is 2.98. The number of tetrazole rings is 1. The highest BCUT2D eigenvalue weighted by Gasteiger charge is 2.20. The zero-order valence-electron chi connectivity index (χ0n) is 12.2. The molecule has 0 unspecified atom stereocenters. The summed E-state index contributed by atoms with van der Waals surface area (Å²) < 4.78 is 1.58. The first-order valence-electron chi connectivity index (χ1n) is 6.86. The Labute approximate surface area is 131 Å². The second-order valence-electron chi connectivity index (χ2n) is 4.78. The van der Waals surface area contributed by atoms with Gasteiger partial charge in [-0.25, -0.2) is 4.98 Å². The van der Waals surface area contributed by atoms with E-state index in [4.69, 9.17) is 0 Å². The number of anilines is 1. The molecule has 9 nitrogen and oxygen atoms in total. The highest BCUT2D eigenvalue weighted by molar-refractivity contribution is 5.55. The average molecular weight is 311 g/mol. The van der Waals surface area contributed by atoms with Gasteiger partial charge in [-0.3, -0.25) is 10.1 Å². The lowest BCUT2D eigenvalue weighted by Crippen LogP contribution is -2.15. The first-order valence-corrected chi connectivity index (χ1v) is 6.86. The summed E-state index contributed by atoms with van der Waals surface area (Å²) in [7, 11) is 0. The van der Waals surface area contributed by atoms with Crippen molar-refractivity contribution >= 4 is 11.5 Å². The van der Waals surface area contributed by atoms with Crippen molar-refractivity contribution in [1.82, 2.24) is 25.2 Å². The molecule has 0 spiro atoms. The summed E-state index contributed by atoms with van der Waals surface area (Å²) in [6.45, 7) is 1.81. The minimum absolute atomic E-state index is 0.0990. The van der Waals surface area contributed by atoms with Gasteiger partial charge >= 0.3 is 5.69 Å². The Balaban J connectivity index is 1.90. The molecule has 1 atom stereocenters. The lowest BCUT2D eigenvalue weighted by molar-refractivity contribution is -0.384. The van der Waals surface area contributed by atoms with E-state index in [2.05, 4.69) is 25.8 Å². The van der Waals surface area contributed by atoms with Gasteiger partial charge in [0.2, 0.25) is 5.82 Å². The summed E-state index contributed by atoms with van der Waals surface area (Å²) in [5, 5.41) is 25.7. The quantitative estimate of drug-likeness (QED) is 0.567. The molecular formula is C14H13N7O2. The Kier molecular flexibility index (Phi) is 3.91. The van der Waals surface area contributed by atoms with Crippen LogP contribution in [0.3, 0.4) is 0 Å². The number of nitrogens with zero attached hydrogens (tertiary/aromatic N) is 6. The minimum Gasteiger partial charge on any atom is -0.355 e. The third-order valence-electron chi connectivity index (χ3n) is 3.22. The summed E-state index contributed by atoms with van der Waals surface area (Å²) in [4.78, 5) is 14.6. The van der Waals surface area contributed by atoms with Gasteiger partial charge < -0.3 is 5.32 Å². The molecule has 0 saturated heterocycles. The first kappa shape index (κ1) is 14.6. The van der Waals surface area contributed by atoms with E-state index in [9.17, 15) is 10.1 Å². The van der Waals surface area contributed by atoms with Crippen molar-refractivity contribution in [1.29, 1.82) is 0 Å². The lowest BCUT2D eigenvalue weighted by Gasteiger charge is -2.14. The highest BCUT2D eigenvalue weighted by Crippen LogP contribution is 2.25. The number of nitrogens with one attached hydrogen (secondary N) is 1. The molecule has 2 heterocycles. The standard InChI is InChI=1S/C14H13N7O2/c1-10(16-13-12(21(22)23)8-5-9-15-13)14-17-18-19-20(14)11-6-3-2-4-7-11/h2-10H,1H3,(H,15,16)/t10-/m1/s1. The van der Waals surface area contributed by atoms with Gasteiger partial charge in [0.15, 0.2) is 5.82 Å². The van der Waals surface area contributed by atoms with E-state index < -0.39 is 4.92 Å². The summed E-state index contributed by atoms with van der Waals surface area (Å²) in [5.74, 6) is 0.698. The Morgan fingerprint density at radius 3 is 2.74 bits per heavy atom. The van der Waals surface area contributed by atoms with Crippen LogP contribution >= 0.6 is 0 Å². The molecule has 0 fully saturated rings. The topological polar surface area (TPSA) is 112 Å². The molecule has 116 valence electrons. The average Bonchev–Trinajstić information content (AvgIpc) is 3.05. The van der Waals surface area contributed by atoms with Crippen molar-refractivity contribution in [3.05, 3.63) is 64.6 Å². The van der Waals surface area contributed by atoms with Crippen LogP contribution in [0.2, 0.25) is 0 Å². The Morgan fingerprint density at radius 1 is 1.22 bits per heavy atom. The van der Waals surface area contributed by atoms with E-state index in [1.807, 2.05) is 37.3 Å². The molecule has 1 N–H and O–H groups in total.